The van der Waals surface area contributed by atoms with E-state index in [1.807, 2.05) is 7.55 Å². The maximum Gasteiger partial charge on any atom is 0.287 e. The van der Waals surface area contributed by atoms with Crippen LogP contribution >= 0.6 is 0 Å². The second-order valence-corrected chi connectivity index (χ2v) is 2.93. The lowest BCUT2D eigenvalue weighted by atomic mass is 9.54. The van der Waals surface area contributed by atoms with Gasteiger partial charge in [-0.1, -0.05) is 13.6 Å². The van der Waals surface area contributed by atoms with E-state index in [0.29, 0.717) is 14.0 Å². The molecule has 1 radical (unpaired) electrons. The summed E-state index contributed by atoms with van der Waals surface area (Å²) in [6.07, 6.45) is 0. The first-order valence-electron chi connectivity index (χ1n) is 3.66. The molecule has 0 aromatic rings. The van der Waals surface area contributed by atoms with Crippen molar-refractivity contribution in [1.82, 2.24) is 14.6 Å². The lowest BCUT2D eigenvalue weighted by Gasteiger charge is -2.38. The van der Waals surface area contributed by atoms with Crippen LogP contribution in [0.2, 0.25) is 13.6 Å². The topological polar surface area (TPSA) is 18.5 Å². The normalized spacial score (nSPS) is 23.2. The van der Waals surface area contributed by atoms with Crippen molar-refractivity contribution < 1.29 is 0 Å². The molecule has 6 heteroatoms. The molecule has 0 saturated carbocycles. The summed E-state index contributed by atoms with van der Waals surface area (Å²) in [4.78, 5) is 0. The predicted octanol–water partition coefficient (Wildman–Crippen LogP) is -0.777. The van der Waals surface area contributed by atoms with Crippen molar-refractivity contribution in [2.45, 2.75) is 13.6 Å². The third-order valence-electron chi connectivity index (χ3n) is 2.31. The largest absolute Gasteiger partial charge is 0.375 e. The van der Waals surface area contributed by atoms with Crippen LogP contribution in [0.5, 0.6) is 0 Å². The number of nitrogens with zero attached hydrogens (tertiary/aromatic N) is 2. The van der Waals surface area contributed by atoms with Crippen LogP contribution in [-0.4, -0.2) is 45.1 Å². The average molecular weight is 136 g/mol. The van der Waals surface area contributed by atoms with Gasteiger partial charge in [-0.3, -0.25) is 0 Å². The van der Waals surface area contributed by atoms with Crippen LogP contribution in [0.3, 0.4) is 0 Å². The summed E-state index contributed by atoms with van der Waals surface area (Å²) in [6, 6.07) is 0. The Balaban J connectivity index is 2.52. The van der Waals surface area contributed by atoms with Crippen LogP contribution in [0.4, 0.5) is 0 Å². The molecule has 0 atom stereocenters. The molecule has 1 N–H and O–H groups in total. The highest BCUT2D eigenvalue weighted by molar-refractivity contribution is 6.79. The summed E-state index contributed by atoms with van der Waals surface area (Å²) in [5, 5.41) is 3.24. The van der Waals surface area contributed by atoms with Gasteiger partial charge < -0.3 is 14.6 Å². The van der Waals surface area contributed by atoms with Crippen molar-refractivity contribution in [2.75, 3.05) is 14.1 Å². The van der Waals surface area contributed by atoms with E-state index in [9.17, 15) is 0 Å². The highest BCUT2D eigenvalue weighted by atomic mass is 15.2. The van der Waals surface area contributed by atoms with E-state index >= 15 is 0 Å². The number of hydrogen-bond donors (Lipinski definition) is 1. The average Bonchev–Trinajstić information content (AvgIpc) is 1.93. The molecule has 10 heavy (non-hydrogen) atoms. The summed E-state index contributed by atoms with van der Waals surface area (Å²) in [7, 11) is 6.21. The van der Waals surface area contributed by atoms with Crippen LogP contribution in [0.15, 0.2) is 0 Å². The Hall–Kier alpha value is 0.0748. The van der Waals surface area contributed by atoms with Crippen LogP contribution in [0.1, 0.15) is 0 Å². The van der Waals surface area contributed by atoms with E-state index in [0.717, 1.165) is 0 Å². The zero-order valence-corrected chi connectivity index (χ0v) is 7.13. The quantitative estimate of drug-likeness (QED) is 0.440. The Morgan fingerprint density at radius 1 is 1.30 bits per heavy atom. The van der Waals surface area contributed by atoms with Gasteiger partial charge in [0.1, 0.15) is 0 Å². The molecule has 0 unspecified atom stereocenters. The van der Waals surface area contributed by atoms with Crippen molar-refractivity contribution in [3.63, 3.8) is 0 Å². The maximum atomic E-state index is 3.24. The third-order valence-corrected chi connectivity index (χ3v) is 2.31. The van der Waals surface area contributed by atoms with E-state index in [1.165, 1.54) is 0 Å². The van der Waals surface area contributed by atoms with E-state index in [-0.39, 0.29) is 0 Å². The molecule has 3 nitrogen and oxygen atoms in total. The van der Waals surface area contributed by atoms with Gasteiger partial charge in [-0.05, 0) is 14.1 Å². The Labute approximate surface area is 64.7 Å². The third kappa shape index (κ3) is 1.39. The highest BCUT2D eigenvalue weighted by Gasteiger charge is 2.31. The molecular formula is C4H13B3N3. The molecule has 1 saturated heterocycles. The minimum atomic E-state index is 0.450. The lowest BCUT2D eigenvalue weighted by Crippen LogP contribution is -2.67. The molecule has 0 bridgehead atoms. The SMILES string of the molecule is CB1N[B]N(C)B(C)N1C. The van der Waals surface area contributed by atoms with Crippen molar-refractivity contribution in [2.24, 2.45) is 0 Å². The van der Waals surface area contributed by atoms with Gasteiger partial charge in [0.2, 0.25) is 0 Å². The highest BCUT2D eigenvalue weighted by Crippen LogP contribution is 2.00. The first-order chi connectivity index (χ1) is 4.63. The van der Waals surface area contributed by atoms with Gasteiger partial charge in [0.05, 0.1) is 0 Å². The molecule has 0 aliphatic carbocycles. The van der Waals surface area contributed by atoms with Gasteiger partial charge in [0.15, 0.2) is 0 Å². The Morgan fingerprint density at radius 3 is 2.40 bits per heavy atom. The first kappa shape index (κ1) is 8.17. The number of hydrogen-bond acceptors (Lipinski definition) is 3. The fourth-order valence-electron chi connectivity index (χ4n) is 1.06. The van der Waals surface area contributed by atoms with Crippen LogP contribution in [-0.2, 0) is 0 Å². The van der Waals surface area contributed by atoms with E-state index < -0.39 is 0 Å². The van der Waals surface area contributed by atoms with Gasteiger partial charge in [-0.2, -0.15) is 0 Å². The summed E-state index contributed by atoms with van der Waals surface area (Å²) in [6.45, 7) is 5.29. The molecule has 0 aromatic carbocycles. The van der Waals surface area contributed by atoms with Gasteiger partial charge >= 0.3 is 0 Å². The number of nitrogens with one attached hydrogen (secondary N) is 1. The fourth-order valence-corrected chi connectivity index (χ4v) is 1.06. The summed E-state index contributed by atoms with van der Waals surface area (Å²) in [5.41, 5.74) is 0. The maximum absolute atomic E-state index is 3.24. The Bertz CT molecular complexity index is 108. The molecular weight excluding hydrogens is 123 g/mol. The molecule has 0 spiro atoms. The van der Waals surface area contributed by atoms with Crippen molar-refractivity contribution in [3.05, 3.63) is 0 Å². The second-order valence-electron chi connectivity index (χ2n) is 2.93. The second kappa shape index (κ2) is 2.99. The molecule has 0 aromatic heterocycles. The lowest BCUT2D eigenvalue weighted by molar-refractivity contribution is 0.649. The van der Waals surface area contributed by atoms with Crippen molar-refractivity contribution in [3.8, 4) is 0 Å². The van der Waals surface area contributed by atoms with Crippen molar-refractivity contribution in [1.29, 1.82) is 0 Å². The Kier molecular flexibility index (Phi) is 2.44. The standard InChI is InChI=1S/C4H13B3N3/c1-6-8-5-9(3)7(2)10(6)4/h8H,1-4H3. The minimum Gasteiger partial charge on any atom is -0.375 e. The van der Waals surface area contributed by atoms with Crippen molar-refractivity contribution >= 4 is 21.5 Å². The van der Waals surface area contributed by atoms with Gasteiger partial charge in [0, 0.05) is 0 Å². The van der Waals surface area contributed by atoms with E-state index in [2.05, 4.69) is 42.3 Å². The molecule has 0 amide bonds. The summed E-state index contributed by atoms with van der Waals surface area (Å²) >= 11 is 0. The van der Waals surface area contributed by atoms with Crippen LogP contribution in [0.25, 0.3) is 0 Å². The fraction of sp³-hybridized carbons (Fsp3) is 1.00. The smallest absolute Gasteiger partial charge is 0.287 e. The zero-order valence-electron chi connectivity index (χ0n) is 7.13. The van der Waals surface area contributed by atoms with Gasteiger partial charge in [-0.15, -0.1) is 0 Å². The van der Waals surface area contributed by atoms with Gasteiger partial charge in [0.25, 0.3) is 21.5 Å². The Morgan fingerprint density at radius 2 is 1.90 bits per heavy atom. The molecule has 53 valence electrons. The van der Waals surface area contributed by atoms with Crippen LogP contribution < -0.4 is 5.14 Å². The molecule has 1 aliphatic heterocycles. The first-order valence-corrected chi connectivity index (χ1v) is 3.66. The summed E-state index contributed by atoms with van der Waals surface area (Å²) < 4.78 is 4.43. The monoisotopic (exact) mass is 136 g/mol. The molecule has 1 aliphatic rings. The van der Waals surface area contributed by atoms with E-state index in [4.69, 9.17) is 0 Å². The molecule has 1 rings (SSSR count). The summed E-state index contributed by atoms with van der Waals surface area (Å²) in [5.74, 6) is 0. The zero-order chi connectivity index (χ0) is 7.72. The molecule has 1 fully saturated rings. The van der Waals surface area contributed by atoms with Crippen LogP contribution in [0, 0.1) is 0 Å². The van der Waals surface area contributed by atoms with E-state index in [1.54, 1.807) is 0 Å². The predicted molar refractivity (Wildman–Crippen MR) is 47.7 cm³/mol. The molecule has 1 heterocycles. The van der Waals surface area contributed by atoms with Gasteiger partial charge in [-0.25, -0.2) is 0 Å². The minimum absolute atomic E-state index is 0.450. The number of rotatable bonds is 0.